The van der Waals surface area contributed by atoms with E-state index in [0.717, 1.165) is 24.6 Å². The summed E-state index contributed by atoms with van der Waals surface area (Å²) < 4.78 is 0. The molecule has 23 heavy (non-hydrogen) atoms. The smallest absolute Gasteiger partial charge is 0.308 e. The molecule has 0 aliphatic carbocycles. The predicted molar refractivity (Wildman–Crippen MR) is 89.3 cm³/mol. The maximum atomic E-state index is 11.0. The first kappa shape index (κ1) is 15.3. The first-order chi connectivity index (χ1) is 11.1. The molecule has 6 heteroatoms. The number of aliphatic carboxylic acids is 1. The monoisotopic (exact) mass is 312 g/mol. The van der Waals surface area contributed by atoms with Gasteiger partial charge in [0.1, 0.15) is 18.0 Å². The topological polar surface area (TPSA) is 69.6 Å². The lowest BCUT2D eigenvalue weighted by molar-refractivity contribution is -0.140. The van der Waals surface area contributed by atoms with Gasteiger partial charge in [0.2, 0.25) is 0 Å². The Morgan fingerprint density at radius 3 is 2.96 bits per heavy atom. The maximum Gasteiger partial charge on any atom is 0.308 e. The number of benzene rings is 1. The van der Waals surface area contributed by atoms with Gasteiger partial charge in [-0.05, 0) is 18.1 Å². The Hall–Kier alpha value is -2.63. The number of carbonyl (C=O) groups is 1. The third-order valence-electron chi connectivity index (χ3n) is 4.16. The highest BCUT2D eigenvalue weighted by molar-refractivity contribution is 5.71. The Morgan fingerprint density at radius 2 is 2.17 bits per heavy atom. The number of hydrogen-bond acceptors (Lipinski definition) is 5. The van der Waals surface area contributed by atoms with Crippen LogP contribution in [0.3, 0.4) is 0 Å². The fourth-order valence-corrected chi connectivity index (χ4v) is 2.85. The van der Waals surface area contributed by atoms with E-state index in [9.17, 15) is 4.79 Å². The minimum absolute atomic E-state index is 0.405. The highest BCUT2D eigenvalue weighted by Gasteiger charge is 2.22. The molecule has 1 N–H and O–H groups in total. The quantitative estimate of drug-likeness (QED) is 0.914. The van der Waals surface area contributed by atoms with Crippen LogP contribution in [-0.4, -0.2) is 41.2 Å². The molecule has 0 saturated heterocycles. The second-order valence-electron chi connectivity index (χ2n) is 5.88. The Bertz CT molecular complexity index is 719. The minimum atomic E-state index is -0.806. The molecule has 1 aromatic heterocycles. The molecule has 1 aliphatic heterocycles. The number of carboxylic acid groups (broad SMARTS) is 1. The van der Waals surface area contributed by atoms with Crippen LogP contribution in [0.15, 0.2) is 36.7 Å². The van der Waals surface area contributed by atoms with Gasteiger partial charge in [0, 0.05) is 31.9 Å². The van der Waals surface area contributed by atoms with E-state index >= 15 is 0 Å². The number of carboxylic acids is 1. The number of para-hydroxylation sites is 1. The molecule has 120 valence electrons. The molecular formula is C17H20N4O2. The Kier molecular flexibility index (Phi) is 4.14. The summed E-state index contributed by atoms with van der Waals surface area (Å²) in [6, 6.07) is 10.2. The molecule has 2 aromatic rings. The lowest BCUT2D eigenvalue weighted by Crippen LogP contribution is -2.29. The van der Waals surface area contributed by atoms with Crippen molar-refractivity contribution in [2.24, 2.45) is 5.92 Å². The van der Waals surface area contributed by atoms with Crippen molar-refractivity contribution in [2.45, 2.75) is 13.3 Å². The van der Waals surface area contributed by atoms with Crippen molar-refractivity contribution in [1.82, 2.24) is 9.97 Å². The van der Waals surface area contributed by atoms with E-state index in [-0.39, 0.29) is 0 Å². The Labute approximate surface area is 135 Å². The lowest BCUT2D eigenvalue weighted by atomic mass is 10.2. The van der Waals surface area contributed by atoms with Crippen LogP contribution >= 0.6 is 0 Å². The molecule has 1 unspecified atom stereocenters. The number of rotatable bonds is 5. The molecule has 1 aromatic carbocycles. The second kappa shape index (κ2) is 6.24. The molecule has 0 saturated carbocycles. The molecule has 1 atom stereocenters. The summed E-state index contributed by atoms with van der Waals surface area (Å²) >= 11 is 0. The third-order valence-corrected chi connectivity index (χ3v) is 4.16. The SMILES string of the molecule is CC(CN(C)c1cc(N2CCc3ccccc32)ncn1)C(=O)O. The van der Waals surface area contributed by atoms with E-state index in [4.69, 9.17) is 5.11 Å². The van der Waals surface area contributed by atoms with E-state index < -0.39 is 11.9 Å². The van der Waals surface area contributed by atoms with Gasteiger partial charge in [-0.2, -0.15) is 0 Å². The molecule has 0 amide bonds. The number of nitrogens with zero attached hydrogens (tertiary/aromatic N) is 4. The molecule has 2 heterocycles. The van der Waals surface area contributed by atoms with Gasteiger partial charge in [-0.3, -0.25) is 4.79 Å². The Balaban J connectivity index is 1.82. The van der Waals surface area contributed by atoms with Crippen LogP contribution in [0.4, 0.5) is 17.3 Å². The molecule has 1 aliphatic rings. The number of hydrogen-bond donors (Lipinski definition) is 1. The van der Waals surface area contributed by atoms with Gasteiger partial charge in [-0.15, -0.1) is 0 Å². The molecule has 0 radical (unpaired) electrons. The standard InChI is InChI=1S/C17H20N4O2/c1-12(17(22)23)10-20(2)15-9-16(19-11-18-15)21-8-7-13-5-3-4-6-14(13)21/h3-6,9,11-12H,7-8,10H2,1-2H3,(H,22,23). The number of anilines is 3. The van der Waals surface area contributed by atoms with E-state index in [1.165, 1.54) is 17.6 Å². The minimum Gasteiger partial charge on any atom is -0.481 e. The predicted octanol–water partition coefficient (Wildman–Crippen LogP) is 2.33. The van der Waals surface area contributed by atoms with Crippen LogP contribution in [0.1, 0.15) is 12.5 Å². The van der Waals surface area contributed by atoms with E-state index in [1.807, 2.05) is 24.1 Å². The number of fused-ring (bicyclic) bond motifs is 1. The van der Waals surface area contributed by atoms with Gasteiger partial charge < -0.3 is 14.9 Å². The Morgan fingerprint density at radius 1 is 1.39 bits per heavy atom. The van der Waals surface area contributed by atoms with Crippen LogP contribution < -0.4 is 9.80 Å². The van der Waals surface area contributed by atoms with Crippen LogP contribution in [0.25, 0.3) is 0 Å². The van der Waals surface area contributed by atoms with Crippen molar-refractivity contribution in [2.75, 3.05) is 29.9 Å². The molecule has 6 nitrogen and oxygen atoms in total. The third kappa shape index (κ3) is 3.11. The average Bonchev–Trinajstić information content (AvgIpc) is 2.99. The molecule has 3 rings (SSSR count). The van der Waals surface area contributed by atoms with Crippen molar-refractivity contribution >= 4 is 23.3 Å². The second-order valence-corrected chi connectivity index (χ2v) is 5.88. The normalized spacial score (nSPS) is 14.4. The summed E-state index contributed by atoms with van der Waals surface area (Å²) in [5, 5.41) is 9.05. The highest BCUT2D eigenvalue weighted by Crippen LogP contribution is 2.33. The summed E-state index contributed by atoms with van der Waals surface area (Å²) in [6.45, 7) is 2.99. The maximum absolute atomic E-state index is 11.0. The fraction of sp³-hybridized carbons (Fsp3) is 0.353. The molecular weight excluding hydrogens is 292 g/mol. The van der Waals surface area contributed by atoms with Crippen molar-refractivity contribution in [3.63, 3.8) is 0 Å². The fourth-order valence-electron chi connectivity index (χ4n) is 2.85. The summed E-state index contributed by atoms with van der Waals surface area (Å²) in [5.74, 6) is 0.313. The van der Waals surface area contributed by atoms with Crippen LogP contribution in [0.2, 0.25) is 0 Å². The van der Waals surface area contributed by atoms with Gasteiger partial charge in [0.05, 0.1) is 5.92 Å². The average molecular weight is 312 g/mol. The zero-order chi connectivity index (χ0) is 16.4. The van der Waals surface area contributed by atoms with Gasteiger partial charge in [-0.25, -0.2) is 9.97 Å². The van der Waals surface area contributed by atoms with Crippen molar-refractivity contribution in [1.29, 1.82) is 0 Å². The highest BCUT2D eigenvalue weighted by atomic mass is 16.4. The van der Waals surface area contributed by atoms with Gasteiger partial charge in [0.25, 0.3) is 0 Å². The van der Waals surface area contributed by atoms with Crippen molar-refractivity contribution in [3.8, 4) is 0 Å². The summed E-state index contributed by atoms with van der Waals surface area (Å²) in [7, 11) is 1.85. The molecule has 0 spiro atoms. The first-order valence-corrected chi connectivity index (χ1v) is 7.67. The van der Waals surface area contributed by atoms with E-state index in [1.54, 1.807) is 6.92 Å². The van der Waals surface area contributed by atoms with Crippen LogP contribution in [0, 0.1) is 5.92 Å². The summed E-state index contributed by atoms with van der Waals surface area (Å²) in [4.78, 5) is 23.7. The zero-order valence-electron chi connectivity index (χ0n) is 13.3. The number of aromatic nitrogens is 2. The van der Waals surface area contributed by atoms with Gasteiger partial charge in [0.15, 0.2) is 0 Å². The summed E-state index contributed by atoms with van der Waals surface area (Å²) in [6.07, 6.45) is 2.54. The zero-order valence-corrected chi connectivity index (χ0v) is 13.3. The molecule has 0 bridgehead atoms. The van der Waals surface area contributed by atoms with Gasteiger partial charge >= 0.3 is 5.97 Å². The summed E-state index contributed by atoms with van der Waals surface area (Å²) in [5.41, 5.74) is 2.50. The lowest BCUT2D eigenvalue weighted by Gasteiger charge is -2.23. The molecule has 0 fully saturated rings. The van der Waals surface area contributed by atoms with Crippen molar-refractivity contribution in [3.05, 3.63) is 42.2 Å². The van der Waals surface area contributed by atoms with Gasteiger partial charge in [-0.1, -0.05) is 25.1 Å². The first-order valence-electron chi connectivity index (χ1n) is 7.67. The van der Waals surface area contributed by atoms with Crippen LogP contribution in [0.5, 0.6) is 0 Å². The van der Waals surface area contributed by atoms with Crippen LogP contribution in [-0.2, 0) is 11.2 Å². The largest absolute Gasteiger partial charge is 0.481 e. The van der Waals surface area contributed by atoms with E-state index in [0.29, 0.717) is 6.54 Å². The van der Waals surface area contributed by atoms with Crippen molar-refractivity contribution < 1.29 is 9.90 Å². The van der Waals surface area contributed by atoms with E-state index in [2.05, 4.69) is 33.1 Å².